The van der Waals surface area contributed by atoms with E-state index in [0.29, 0.717) is 11.4 Å². The lowest BCUT2D eigenvalue weighted by Gasteiger charge is -2.11. The van der Waals surface area contributed by atoms with Crippen molar-refractivity contribution < 1.29 is 13.6 Å². The Bertz CT molecular complexity index is 956. The Labute approximate surface area is 149 Å². The highest BCUT2D eigenvalue weighted by Gasteiger charge is 2.10. The molecule has 2 aromatic carbocycles. The lowest BCUT2D eigenvalue weighted by atomic mass is 10.1. The van der Waals surface area contributed by atoms with Crippen LogP contribution in [0, 0.1) is 25.5 Å². The highest BCUT2D eigenvalue weighted by molar-refractivity contribution is 6.03. The quantitative estimate of drug-likeness (QED) is 0.696. The normalized spacial score (nSPS) is 10.5. The molecule has 26 heavy (non-hydrogen) atoms. The molecule has 0 atom stereocenters. The molecule has 1 amide bonds. The molecule has 0 spiro atoms. The number of pyridine rings is 1. The van der Waals surface area contributed by atoms with Crippen molar-refractivity contribution in [3.05, 3.63) is 83.2 Å². The molecule has 0 aliphatic rings. The van der Waals surface area contributed by atoms with Gasteiger partial charge in [0.05, 0.1) is 11.9 Å². The monoisotopic (exact) mass is 353 g/mol. The van der Waals surface area contributed by atoms with Gasteiger partial charge in [0.15, 0.2) is 11.6 Å². The Kier molecular flexibility index (Phi) is 4.93. The zero-order chi connectivity index (χ0) is 18.7. The van der Waals surface area contributed by atoms with Gasteiger partial charge in [-0.2, -0.15) is 0 Å². The summed E-state index contributed by atoms with van der Waals surface area (Å²) in [5, 5.41) is 5.74. The number of aromatic nitrogens is 1. The molecule has 4 nitrogen and oxygen atoms in total. The third-order valence-electron chi connectivity index (χ3n) is 4.06. The summed E-state index contributed by atoms with van der Waals surface area (Å²) >= 11 is 0. The second kappa shape index (κ2) is 7.31. The number of aryl methyl sites for hydroxylation is 1. The number of halogens is 2. The Morgan fingerprint density at radius 3 is 2.42 bits per heavy atom. The van der Waals surface area contributed by atoms with E-state index in [9.17, 15) is 13.6 Å². The SMILES string of the molecule is Cc1cccc(NC(=O)c2ccc(Nc3ccc(F)c(F)c3)cn2)c1C. The molecule has 0 unspecified atom stereocenters. The summed E-state index contributed by atoms with van der Waals surface area (Å²) in [5.41, 5.74) is 4.01. The van der Waals surface area contributed by atoms with Crippen LogP contribution in [0.15, 0.2) is 54.7 Å². The van der Waals surface area contributed by atoms with Crippen LogP contribution >= 0.6 is 0 Å². The lowest BCUT2D eigenvalue weighted by molar-refractivity contribution is 0.102. The molecule has 0 radical (unpaired) electrons. The summed E-state index contributed by atoms with van der Waals surface area (Å²) in [6.45, 7) is 3.91. The Hall–Kier alpha value is -3.28. The number of hydrogen-bond acceptors (Lipinski definition) is 3. The van der Waals surface area contributed by atoms with Gasteiger partial charge in [0.2, 0.25) is 0 Å². The van der Waals surface area contributed by atoms with Gasteiger partial charge >= 0.3 is 0 Å². The lowest BCUT2D eigenvalue weighted by Crippen LogP contribution is -2.14. The van der Waals surface area contributed by atoms with E-state index in [1.807, 2.05) is 32.0 Å². The number of amides is 1. The molecule has 6 heteroatoms. The average Bonchev–Trinajstić information content (AvgIpc) is 2.63. The first-order valence-electron chi connectivity index (χ1n) is 8.00. The van der Waals surface area contributed by atoms with Crippen molar-refractivity contribution in [2.45, 2.75) is 13.8 Å². The van der Waals surface area contributed by atoms with Crippen LogP contribution in [0.5, 0.6) is 0 Å². The van der Waals surface area contributed by atoms with Crippen molar-refractivity contribution in [1.29, 1.82) is 0 Å². The Morgan fingerprint density at radius 2 is 1.73 bits per heavy atom. The summed E-state index contributed by atoms with van der Waals surface area (Å²) < 4.78 is 26.2. The first-order chi connectivity index (χ1) is 12.4. The second-order valence-electron chi connectivity index (χ2n) is 5.89. The number of hydrogen-bond donors (Lipinski definition) is 2. The van der Waals surface area contributed by atoms with Gasteiger partial charge in [-0.3, -0.25) is 4.79 Å². The molecule has 3 rings (SSSR count). The number of benzene rings is 2. The number of rotatable bonds is 4. The fraction of sp³-hybridized carbons (Fsp3) is 0.100. The van der Waals surface area contributed by atoms with E-state index in [4.69, 9.17) is 0 Å². The van der Waals surface area contributed by atoms with Crippen molar-refractivity contribution in [1.82, 2.24) is 4.98 Å². The van der Waals surface area contributed by atoms with Gasteiger partial charge in [-0.1, -0.05) is 12.1 Å². The van der Waals surface area contributed by atoms with Crippen molar-refractivity contribution in [2.75, 3.05) is 10.6 Å². The standard InChI is InChI=1S/C20H17F2N3O/c1-12-4-3-5-18(13(12)2)25-20(26)19-9-7-15(11-23-19)24-14-6-8-16(21)17(22)10-14/h3-11,24H,1-2H3,(H,25,26). The van der Waals surface area contributed by atoms with Crippen LogP contribution in [0.3, 0.4) is 0 Å². The van der Waals surface area contributed by atoms with E-state index in [1.165, 1.54) is 12.3 Å². The fourth-order valence-electron chi connectivity index (χ4n) is 2.42. The summed E-state index contributed by atoms with van der Waals surface area (Å²) in [6.07, 6.45) is 1.46. The number of carbonyl (C=O) groups is 1. The summed E-state index contributed by atoms with van der Waals surface area (Å²) in [7, 11) is 0. The Balaban J connectivity index is 1.71. The highest BCUT2D eigenvalue weighted by atomic mass is 19.2. The van der Waals surface area contributed by atoms with Gasteiger partial charge in [-0.25, -0.2) is 13.8 Å². The molecule has 0 aliphatic carbocycles. The maximum atomic E-state index is 13.2. The number of carbonyl (C=O) groups excluding carboxylic acids is 1. The average molecular weight is 353 g/mol. The van der Waals surface area contributed by atoms with Gasteiger partial charge in [0.25, 0.3) is 5.91 Å². The smallest absolute Gasteiger partial charge is 0.274 e. The number of nitrogens with zero attached hydrogens (tertiary/aromatic N) is 1. The minimum Gasteiger partial charge on any atom is -0.354 e. The second-order valence-corrected chi connectivity index (χ2v) is 5.89. The molecular weight excluding hydrogens is 336 g/mol. The summed E-state index contributed by atoms with van der Waals surface area (Å²) in [5.74, 6) is -2.17. The van der Waals surface area contributed by atoms with Gasteiger partial charge in [0.1, 0.15) is 5.69 Å². The Morgan fingerprint density at radius 1 is 0.962 bits per heavy atom. The van der Waals surface area contributed by atoms with Crippen LogP contribution in [-0.2, 0) is 0 Å². The van der Waals surface area contributed by atoms with Crippen molar-refractivity contribution in [3.8, 4) is 0 Å². The van der Waals surface area contributed by atoms with E-state index in [1.54, 1.807) is 12.1 Å². The van der Waals surface area contributed by atoms with E-state index < -0.39 is 11.6 Å². The first kappa shape index (κ1) is 17.5. The van der Waals surface area contributed by atoms with Crippen LogP contribution in [0.1, 0.15) is 21.6 Å². The van der Waals surface area contributed by atoms with Gasteiger partial charge < -0.3 is 10.6 Å². The third-order valence-corrected chi connectivity index (χ3v) is 4.06. The fourth-order valence-corrected chi connectivity index (χ4v) is 2.42. The molecule has 0 fully saturated rings. The van der Waals surface area contributed by atoms with Crippen LogP contribution in [0.4, 0.5) is 25.8 Å². The van der Waals surface area contributed by atoms with Gasteiger partial charge in [0, 0.05) is 17.4 Å². The topological polar surface area (TPSA) is 54.0 Å². The van der Waals surface area contributed by atoms with Crippen molar-refractivity contribution in [3.63, 3.8) is 0 Å². The minimum absolute atomic E-state index is 0.252. The molecule has 3 aromatic rings. The molecule has 2 N–H and O–H groups in total. The van der Waals surface area contributed by atoms with Crippen LogP contribution in [0.2, 0.25) is 0 Å². The minimum atomic E-state index is -0.938. The highest BCUT2D eigenvalue weighted by Crippen LogP contribution is 2.20. The molecule has 0 saturated heterocycles. The molecule has 0 saturated carbocycles. The molecule has 132 valence electrons. The zero-order valence-corrected chi connectivity index (χ0v) is 14.3. The largest absolute Gasteiger partial charge is 0.354 e. The molecule has 1 aromatic heterocycles. The number of anilines is 3. The summed E-state index contributed by atoms with van der Waals surface area (Å²) in [4.78, 5) is 16.5. The molecule has 0 aliphatic heterocycles. The predicted octanol–water partition coefficient (Wildman–Crippen LogP) is 4.97. The number of nitrogens with one attached hydrogen (secondary N) is 2. The van der Waals surface area contributed by atoms with Crippen LogP contribution < -0.4 is 10.6 Å². The molecule has 0 bridgehead atoms. The maximum Gasteiger partial charge on any atom is 0.274 e. The van der Waals surface area contributed by atoms with Gasteiger partial charge in [-0.05, 0) is 55.3 Å². The molecular formula is C20H17F2N3O. The first-order valence-corrected chi connectivity index (χ1v) is 8.00. The van der Waals surface area contributed by atoms with E-state index >= 15 is 0 Å². The van der Waals surface area contributed by atoms with E-state index in [2.05, 4.69) is 15.6 Å². The van der Waals surface area contributed by atoms with E-state index in [0.717, 1.165) is 28.9 Å². The van der Waals surface area contributed by atoms with Crippen LogP contribution in [-0.4, -0.2) is 10.9 Å². The van der Waals surface area contributed by atoms with E-state index in [-0.39, 0.29) is 11.6 Å². The van der Waals surface area contributed by atoms with Crippen molar-refractivity contribution >= 4 is 23.0 Å². The van der Waals surface area contributed by atoms with Crippen molar-refractivity contribution in [2.24, 2.45) is 0 Å². The molecule has 1 heterocycles. The zero-order valence-electron chi connectivity index (χ0n) is 14.3. The van der Waals surface area contributed by atoms with Crippen LogP contribution in [0.25, 0.3) is 0 Å². The predicted molar refractivity (Wildman–Crippen MR) is 97.7 cm³/mol. The van der Waals surface area contributed by atoms with Gasteiger partial charge in [-0.15, -0.1) is 0 Å². The third kappa shape index (κ3) is 3.85. The summed E-state index contributed by atoms with van der Waals surface area (Å²) in [6, 6.07) is 12.4. The maximum absolute atomic E-state index is 13.2.